The Labute approximate surface area is 146 Å². The first-order valence-electron chi connectivity index (χ1n) is 8.29. The quantitative estimate of drug-likeness (QED) is 0.762. The highest BCUT2D eigenvalue weighted by Gasteiger charge is 2.51. The van der Waals surface area contributed by atoms with Crippen LogP contribution in [0.2, 0.25) is 0 Å². The highest BCUT2D eigenvalue weighted by Crippen LogP contribution is 2.36. The standard InChI is InChI=1S/C17H28BNO4S/c1-13(2)12-19(7)24(20,21)15-10-8-9-14(11-15)18-22-16(3,4)17(5,6)23-18/h8-11,13H,12H2,1-7H3. The average molecular weight is 353 g/mol. The predicted octanol–water partition coefficient (Wildman–Crippen LogP) is 2.26. The minimum absolute atomic E-state index is 0.260. The number of sulfonamides is 1. The van der Waals surface area contributed by atoms with Crippen molar-refractivity contribution in [3.63, 3.8) is 0 Å². The summed E-state index contributed by atoms with van der Waals surface area (Å²) in [5, 5.41) is 0. The van der Waals surface area contributed by atoms with E-state index in [-0.39, 0.29) is 10.8 Å². The van der Waals surface area contributed by atoms with E-state index in [9.17, 15) is 8.42 Å². The molecule has 0 saturated carbocycles. The van der Waals surface area contributed by atoms with Gasteiger partial charge in [0.25, 0.3) is 0 Å². The maximum absolute atomic E-state index is 12.7. The molecule has 0 radical (unpaired) electrons. The van der Waals surface area contributed by atoms with Crippen LogP contribution in [0.5, 0.6) is 0 Å². The molecule has 0 bridgehead atoms. The largest absolute Gasteiger partial charge is 0.494 e. The van der Waals surface area contributed by atoms with Crippen molar-refractivity contribution in [2.24, 2.45) is 5.92 Å². The molecular weight excluding hydrogens is 325 g/mol. The van der Waals surface area contributed by atoms with Crippen LogP contribution in [0.15, 0.2) is 29.2 Å². The number of benzene rings is 1. The third-order valence-corrected chi connectivity index (χ3v) is 6.53. The smallest absolute Gasteiger partial charge is 0.399 e. The number of nitrogens with zero attached hydrogens (tertiary/aromatic N) is 1. The second-order valence-corrected chi connectivity index (χ2v) is 9.89. The fraction of sp³-hybridized carbons (Fsp3) is 0.647. The maximum Gasteiger partial charge on any atom is 0.494 e. The fourth-order valence-corrected chi connectivity index (χ4v) is 3.98. The van der Waals surface area contributed by atoms with E-state index in [1.165, 1.54) is 4.31 Å². The Kier molecular flexibility index (Phi) is 5.22. The van der Waals surface area contributed by atoms with Crippen molar-refractivity contribution in [3.05, 3.63) is 24.3 Å². The Morgan fingerprint density at radius 2 is 1.67 bits per heavy atom. The topological polar surface area (TPSA) is 55.8 Å². The lowest BCUT2D eigenvalue weighted by atomic mass is 9.79. The Morgan fingerprint density at radius 3 is 2.17 bits per heavy atom. The zero-order valence-electron chi connectivity index (χ0n) is 15.7. The molecule has 5 nitrogen and oxygen atoms in total. The summed E-state index contributed by atoms with van der Waals surface area (Å²) in [6.45, 7) is 12.4. The van der Waals surface area contributed by atoms with Gasteiger partial charge in [0.05, 0.1) is 16.1 Å². The summed E-state index contributed by atoms with van der Waals surface area (Å²) in [5.74, 6) is 0.260. The van der Waals surface area contributed by atoms with Gasteiger partial charge in [-0.3, -0.25) is 0 Å². The third-order valence-electron chi connectivity index (χ3n) is 4.71. The van der Waals surface area contributed by atoms with Gasteiger partial charge in [0.15, 0.2) is 0 Å². The first-order valence-corrected chi connectivity index (χ1v) is 9.73. The molecule has 1 aromatic rings. The second kappa shape index (κ2) is 6.44. The van der Waals surface area contributed by atoms with Crippen LogP contribution in [0.1, 0.15) is 41.5 Å². The van der Waals surface area contributed by atoms with E-state index in [0.717, 1.165) is 0 Å². The number of hydrogen-bond donors (Lipinski definition) is 0. The summed E-state index contributed by atoms with van der Waals surface area (Å²) in [6, 6.07) is 6.83. The zero-order valence-corrected chi connectivity index (χ0v) is 16.5. The SMILES string of the molecule is CC(C)CN(C)S(=O)(=O)c1cccc(B2OC(C)(C)C(C)(C)O2)c1. The minimum atomic E-state index is -3.52. The van der Waals surface area contributed by atoms with Gasteiger partial charge in [0, 0.05) is 13.6 Å². The predicted molar refractivity (Wildman–Crippen MR) is 96.8 cm³/mol. The van der Waals surface area contributed by atoms with Crippen LogP contribution in [0.4, 0.5) is 0 Å². The molecule has 1 heterocycles. The van der Waals surface area contributed by atoms with Gasteiger partial charge < -0.3 is 9.31 Å². The van der Waals surface area contributed by atoms with Gasteiger partial charge in [-0.05, 0) is 51.2 Å². The summed E-state index contributed by atoms with van der Waals surface area (Å²) in [6.07, 6.45) is 0. The van der Waals surface area contributed by atoms with Crippen molar-refractivity contribution in [3.8, 4) is 0 Å². The molecule has 1 aliphatic rings. The van der Waals surface area contributed by atoms with Gasteiger partial charge in [-0.2, -0.15) is 0 Å². The van der Waals surface area contributed by atoms with Crippen molar-refractivity contribution in [1.82, 2.24) is 4.31 Å². The van der Waals surface area contributed by atoms with Gasteiger partial charge >= 0.3 is 7.12 Å². The molecule has 24 heavy (non-hydrogen) atoms. The van der Waals surface area contributed by atoms with Crippen LogP contribution < -0.4 is 5.46 Å². The van der Waals surface area contributed by atoms with Crippen molar-refractivity contribution in [2.45, 2.75) is 57.6 Å². The molecule has 0 aliphatic carbocycles. The molecule has 0 N–H and O–H groups in total. The summed E-state index contributed by atoms with van der Waals surface area (Å²) in [4.78, 5) is 0.262. The molecule has 0 spiro atoms. The molecule has 1 aliphatic heterocycles. The molecular formula is C17H28BNO4S. The van der Waals surface area contributed by atoms with Crippen LogP contribution in [0, 0.1) is 5.92 Å². The molecule has 1 fully saturated rings. The molecule has 0 atom stereocenters. The third kappa shape index (κ3) is 3.69. The van der Waals surface area contributed by atoms with Crippen LogP contribution in [0.3, 0.4) is 0 Å². The van der Waals surface area contributed by atoms with Gasteiger partial charge in [0.1, 0.15) is 0 Å². The molecule has 0 amide bonds. The lowest BCUT2D eigenvalue weighted by molar-refractivity contribution is 0.00578. The van der Waals surface area contributed by atoms with E-state index in [0.29, 0.717) is 12.0 Å². The first kappa shape index (κ1) is 19.4. The molecule has 7 heteroatoms. The Bertz CT molecular complexity index is 684. The van der Waals surface area contributed by atoms with Crippen LogP contribution in [0.25, 0.3) is 0 Å². The van der Waals surface area contributed by atoms with Crippen LogP contribution in [-0.2, 0) is 19.3 Å². The first-order chi connectivity index (χ1) is 10.9. The lowest BCUT2D eigenvalue weighted by Crippen LogP contribution is -2.41. The summed E-state index contributed by atoms with van der Waals surface area (Å²) in [7, 11) is -2.48. The van der Waals surface area contributed by atoms with Crippen molar-refractivity contribution in [1.29, 1.82) is 0 Å². The zero-order chi connectivity index (χ0) is 18.3. The second-order valence-electron chi connectivity index (χ2n) is 7.84. The van der Waals surface area contributed by atoms with Crippen molar-refractivity contribution in [2.75, 3.05) is 13.6 Å². The monoisotopic (exact) mass is 353 g/mol. The molecule has 0 unspecified atom stereocenters. The summed E-state index contributed by atoms with van der Waals surface area (Å²) >= 11 is 0. The maximum atomic E-state index is 12.7. The molecule has 1 aromatic carbocycles. The van der Waals surface area contributed by atoms with E-state index in [2.05, 4.69) is 0 Å². The van der Waals surface area contributed by atoms with Gasteiger partial charge in [-0.15, -0.1) is 0 Å². The molecule has 0 aromatic heterocycles. The Morgan fingerprint density at radius 1 is 1.12 bits per heavy atom. The van der Waals surface area contributed by atoms with Crippen molar-refractivity contribution < 1.29 is 17.7 Å². The van der Waals surface area contributed by atoms with Gasteiger partial charge in [0.2, 0.25) is 10.0 Å². The van der Waals surface area contributed by atoms with Crippen molar-refractivity contribution >= 4 is 22.6 Å². The number of rotatable bonds is 5. The van der Waals surface area contributed by atoms with Crippen LogP contribution in [-0.4, -0.2) is 44.6 Å². The fourth-order valence-electron chi connectivity index (χ4n) is 2.59. The van der Waals surface area contributed by atoms with E-state index < -0.39 is 28.3 Å². The van der Waals surface area contributed by atoms with E-state index >= 15 is 0 Å². The highest BCUT2D eigenvalue weighted by molar-refractivity contribution is 7.89. The summed E-state index contributed by atoms with van der Waals surface area (Å²) < 4.78 is 38.9. The van der Waals surface area contributed by atoms with E-state index in [1.807, 2.05) is 47.6 Å². The lowest BCUT2D eigenvalue weighted by Gasteiger charge is -2.32. The normalized spacial score (nSPS) is 20.1. The Hall–Kier alpha value is -0.885. The average Bonchev–Trinajstić information content (AvgIpc) is 2.67. The van der Waals surface area contributed by atoms with Gasteiger partial charge in [-0.1, -0.05) is 26.0 Å². The van der Waals surface area contributed by atoms with Crippen LogP contribution >= 0.6 is 0 Å². The molecule has 2 rings (SSSR count). The van der Waals surface area contributed by atoms with Gasteiger partial charge in [-0.25, -0.2) is 12.7 Å². The van der Waals surface area contributed by atoms with E-state index in [4.69, 9.17) is 9.31 Å². The number of hydrogen-bond acceptors (Lipinski definition) is 4. The molecule has 1 saturated heterocycles. The Balaban J connectivity index is 2.31. The summed E-state index contributed by atoms with van der Waals surface area (Å²) in [5.41, 5.74) is -0.199. The minimum Gasteiger partial charge on any atom is -0.399 e. The molecule has 134 valence electrons. The highest BCUT2D eigenvalue weighted by atomic mass is 32.2. The van der Waals surface area contributed by atoms with E-state index in [1.54, 1.807) is 25.2 Å².